The largest absolute Gasteiger partial charge is 0.385 e. The van der Waals surface area contributed by atoms with E-state index in [2.05, 4.69) is 15.7 Å². The van der Waals surface area contributed by atoms with E-state index < -0.39 is 0 Å². The molecule has 7 heteroatoms. The minimum absolute atomic E-state index is 0.181. The maximum atomic E-state index is 11.6. The van der Waals surface area contributed by atoms with E-state index in [1.54, 1.807) is 17.6 Å². The molecule has 24 heavy (non-hydrogen) atoms. The Morgan fingerprint density at radius 2 is 2.04 bits per heavy atom. The number of oxime groups is 1. The molecule has 1 aromatic heterocycles. The van der Waals surface area contributed by atoms with Gasteiger partial charge in [0.1, 0.15) is 0 Å². The third-order valence-electron chi connectivity index (χ3n) is 3.09. The highest BCUT2D eigenvalue weighted by Gasteiger charge is 2.02. The van der Waals surface area contributed by atoms with Crippen molar-refractivity contribution in [2.45, 2.75) is 6.92 Å². The van der Waals surface area contributed by atoms with Gasteiger partial charge in [-0.2, -0.15) is 5.10 Å². The van der Waals surface area contributed by atoms with Crippen molar-refractivity contribution in [1.29, 1.82) is 0 Å². The molecule has 2 rings (SSSR count). The lowest BCUT2D eigenvalue weighted by Gasteiger charge is -2.11. The van der Waals surface area contributed by atoms with Crippen LogP contribution in [0.15, 0.2) is 52.0 Å². The second kappa shape index (κ2) is 8.83. The van der Waals surface area contributed by atoms with Crippen molar-refractivity contribution in [2.75, 3.05) is 25.6 Å². The number of hydrogen-bond donors (Lipinski definition) is 1. The molecule has 1 N–H and O–H groups in total. The summed E-state index contributed by atoms with van der Waals surface area (Å²) < 4.78 is 0. The highest BCUT2D eigenvalue weighted by atomic mass is 32.1. The molecule has 0 radical (unpaired) electrons. The number of hydrogen-bond acceptors (Lipinski definition) is 6. The number of nitrogens with zero attached hydrogens (tertiary/aromatic N) is 3. The third-order valence-corrected chi connectivity index (χ3v) is 4.07. The molecule has 1 heterocycles. The van der Waals surface area contributed by atoms with Gasteiger partial charge in [0.2, 0.25) is 0 Å². The molecule has 0 saturated heterocycles. The number of benzene rings is 1. The van der Waals surface area contributed by atoms with Gasteiger partial charge in [0.05, 0.1) is 16.8 Å². The predicted octanol–water partition coefficient (Wildman–Crippen LogP) is 2.71. The van der Waals surface area contributed by atoms with Crippen molar-refractivity contribution in [3.8, 4) is 0 Å². The zero-order chi connectivity index (χ0) is 17.4. The average molecular weight is 344 g/mol. The molecule has 0 aliphatic carbocycles. The molecule has 0 aliphatic heterocycles. The van der Waals surface area contributed by atoms with Crippen LogP contribution in [-0.4, -0.2) is 38.5 Å². The van der Waals surface area contributed by atoms with Crippen molar-refractivity contribution >= 4 is 34.9 Å². The van der Waals surface area contributed by atoms with Crippen LogP contribution in [0.1, 0.15) is 17.4 Å². The number of carbonyl (C=O) groups excluding carboxylic acids is 1. The number of carbonyl (C=O) groups is 1. The van der Waals surface area contributed by atoms with Gasteiger partial charge < -0.3 is 9.74 Å². The average Bonchev–Trinajstić information content (AvgIpc) is 3.10. The van der Waals surface area contributed by atoms with Gasteiger partial charge >= 0.3 is 0 Å². The third kappa shape index (κ3) is 5.51. The quantitative estimate of drug-likeness (QED) is 0.620. The Kier molecular flexibility index (Phi) is 6.51. The summed E-state index contributed by atoms with van der Waals surface area (Å²) in [6.07, 6.45) is 1.58. The molecule has 1 aromatic carbocycles. The number of anilines is 1. The normalized spacial score (nSPS) is 11.5. The minimum Gasteiger partial charge on any atom is -0.385 e. The summed E-state index contributed by atoms with van der Waals surface area (Å²) >= 11 is 1.57. The maximum absolute atomic E-state index is 11.6. The Morgan fingerprint density at radius 1 is 1.29 bits per heavy atom. The zero-order valence-electron chi connectivity index (χ0n) is 13.9. The van der Waals surface area contributed by atoms with Crippen molar-refractivity contribution in [3.63, 3.8) is 0 Å². The Hall–Kier alpha value is -2.67. The SMILES string of the molecule is C/C(=N\OCC(=O)N/N=C/c1ccc(N(C)C)cc1)c1cccs1. The molecule has 0 aliphatic rings. The fourth-order valence-corrected chi connectivity index (χ4v) is 2.46. The van der Waals surface area contributed by atoms with Gasteiger partial charge in [0.15, 0.2) is 6.61 Å². The van der Waals surface area contributed by atoms with Crippen LogP contribution in [0.3, 0.4) is 0 Å². The summed E-state index contributed by atoms with van der Waals surface area (Å²) in [6.45, 7) is 1.65. The molecular formula is C17H20N4O2S. The number of thiophene rings is 1. The highest BCUT2D eigenvalue weighted by Crippen LogP contribution is 2.11. The van der Waals surface area contributed by atoms with Gasteiger partial charge in [-0.15, -0.1) is 11.3 Å². The van der Waals surface area contributed by atoms with Crippen LogP contribution in [0.5, 0.6) is 0 Å². The Labute approximate surface area is 145 Å². The number of rotatable bonds is 7. The Bertz CT molecular complexity index is 707. The second-order valence-corrected chi connectivity index (χ2v) is 6.15. The molecule has 0 unspecified atom stereocenters. The van der Waals surface area contributed by atoms with Crippen molar-refractivity contribution < 1.29 is 9.63 Å². The first-order chi connectivity index (χ1) is 11.6. The maximum Gasteiger partial charge on any atom is 0.280 e. The number of hydrazone groups is 1. The van der Waals surface area contributed by atoms with Gasteiger partial charge in [-0.3, -0.25) is 4.79 Å². The van der Waals surface area contributed by atoms with Gasteiger partial charge in [-0.25, -0.2) is 5.43 Å². The molecule has 2 aromatic rings. The van der Waals surface area contributed by atoms with E-state index in [4.69, 9.17) is 4.84 Å². The van der Waals surface area contributed by atoms with E-state index in [-0.39, 0.29) is 12.5 Å². The van der Waals surface area contributed by atoms with Crippen LogP contribution in [0, 0.1) is 0 Å². The van der Waals surface area contributed by atoms with Crippen LogP contribution in [0.4, 0.5) is 5.69 Å². The second-order valence-electron chi connectivity index (χ2n) is 5.21. The molecule has 126 valence electrons. The van der Waals surface area contributed by atoms with Crippen LogP contribution in [-0.2, 0) is 9.63 Å². The molecule has 0 fully saturated rings. The van der Waals surface area contributed by atoms with Gasteiger partial charge in [-0.05, 0) is 36.1 Å². The lowest BCUT2D eigenvalue weighted by Crippen LogP contribution is -2.22. The van der Waals surface area contributed by atoms with Gasteiger partial charge in [0, 0.05) is 19.8 Å². The van der Waals surface area contributed by atoms with E-state index in [1.165, 1.54) is 0 Å². The van der Waals surface area contributed by atoms with E-state index in [1.807, 2.05) is 67.7 Å². The van der Waals surface area contributed by atoms with E-state index in [9.17, 15) is 4.79 Å². The van der Waals surface area contributed by atoms with E-state index >= 15 is 0 Å². The molecule has 0 atom stereocenters. The fraction of sp³-hybridized carbons (Fsp3) is 0.235. The molecular weight excluding hydrogens is 324 g/mol. The van der Waals surface area contributed by atoms with Crippen molar-refractivity contribution in [1.82, 2.24) is 5.43 Å². The lowest BCUT2D eigenvalue weighted by molar-refractivity contribution is -0.125. The van der Waals surface area contributed by atoms with Crippen molar-refractivity contribution in [3.05, 3.63) is 52.2 Å². The van der Waals surface area contributed by atoms with E-state index in [0.717, 1.165) is 21.8 Å². The summed E-state index contributed by atoms with van der Waals surface area (Å²) in [5.41, 5.74) is 5.14. The molecule has 0 saturated carbocycles. The summed E-state index contributed by atoms with van der Waals surface area (Å²) in [5, 5.41) is 9.77. The molecule has 6 nitrogen and oxygen atoms in total. The highest BCUT2D eigenvalue weighted by molar-refractivity contribution is 7.12. The first-order valence-electron chi connectivity index (χ1n) is 7.36. The first-order valence-corrected chi connectivity index (χ1v) is 8.24. The predicted molar refractivity (Wildman–Crippen MR) is 99.0 cm³/mol. The summed E-state index contributed by atoms with van der Waals surface area (Å²) in [4.78, 5) is 19.7. The van der Waals surface area contributed by atoms with Gasteiger partial charge in [-0.1, -0.05) is 23.4 Å². The summed E-state index contributed by atoms with van der Waals surface area (Å²) in [6, 6.07) is 11.7. The summed E-state index contributed by atoms with van der Waals surface area (Å²) in [7, 11) is 3.96. The smallest absolute Gasteiger partial charge is 0.280 e. The number of amides is 1. The number of nitrogens with one attached hydrogen (secondary N) is 1. The standard InChI is InChI=1S/C17H20N4O2S/c1-13(16-5-4-10-24-16)20-23-12-17(22)19-18-11-14-6-8-15(9-7-14)21(2)3/h4-11H,12H2,1-3H3,(H,19,22)/b18-11+,20-13+. The van der Waals surface area contributed by atoms with Crippen molar-refractivity contribution in [2.24, 2.45) is 10.3 Å². The van der Waals surface area contributed by atoms with Crippen LogP contribution in [0.2, 0.25) is 0 Å². The summed E-state index contributed by atoms with van der Waals surface area (Å²) in [5.74, 6) is -0.362. The monoisotopic (exact) mass is 344 g/mol. The molecule has 0 spiro atoms. The molecule has 1 amide bonds. The van der Waals surface area contributed by atoms with Gasteiger partial charge in [0.25, 0.3) is 5.91 Å². The fourth-order valence-electron chi connectivity index (χ4n) is 1.79. The Morgan fingerprint density at radius 3 is 2.67 bits per heavy atom. The minimum atomic E-state index is -0.362. The van der Waals surface area contributed by atoms with E-state index in [0.29, 0.717) is 0 Å². The van der Waals surface area contributed by atoms with Crippen LogP contribution < -0.4 is 10.3 Å². The van der Waals surface area contributed by atoms with Crippen LogP contribution in [0.25, 0.3) is 0 Å². The zero-order valence-corrected chi connectivity index (χ0v) is 14.7. The Balaban J connectivity index is 1.75. The lowest BCUT2D eigenvalue weighted by atomic mass is 10.2. The van der Waals surface area contributed by atoms with Crippen LogP contribution >= 0.6 is 11.3 Å². The molecule has 0 bridgehead atoms. The topological polar surface area (TPSA) is 66.3 Å². The first kappa shape index (κ1) is 17.7.